The summed E-state index contributed by atoms with van der Waals surface area (Å²) in [6.45, 7) is 10.1. The van der Waals surface area contributed by atoms with Crippen LogP contribution in [0.25, 0.3) is 0 Å². The van der Waals surface area contributed by atoms with Gasteiger partial charge in [0, 0.05) is 6.04 Å². The van der Waals surface area contributed by atoms with Gasteiger partial charge < -0.3 is 5.32 Å². The lowest BCUT2D eigenvalue weighted by molar-refractivity contribution is 0.388. The highest BCUT2D eigenvalue weighted by Crippen LogP contribution is 2.11. The maximum atomic E-state index is 3.62. The Hall–Kier alpha value is -0.300. The normalized spacial score (nSPS) is 16.0. The molecule has 84 valence electrons. The van der Waals surface area contributed by atoms with Crippen molar-refractivity contribution in [3.8, 4) is 0 Å². The van der Waals surface area contributed by atoms with Crippen LogP contribution in [0, 0.1) is 5.92 Å². The fraction of sp³-hybridized carbons (Fsp3) is 0.846. The third-order valence-electron chi connectivity index (χ3n) is 2.86. The lowest BCUT2D eigenvalue weighted by atomic mass is 9.98. The molecule has 1 heteroatoms. The van der Waals surface area contributed by atoms with E-state index in [0.29, 0.717) is 0 Å². The molecule has 0 fully saturated rings. The van der Waals surface area contributed by atoms with Crippen LogP contribution in [0.4, 0.5) is 0 Å². The Balaban J connectivity index is 3.57. The van der Waals surface area contributed by atoms with Crippen LogP contribution in [-0.2, 0) is 0 Å². The van der Waals surface area contributed by atoms with Crippen LogP contribution in [-0.4, -0.2) is 12.6 Å². The number of allylic oxidation sites excluding steroid dienone is 1. The smallest absolute Gasteiger partial charge is 0.00670 e. The van der Waals surface area contributed by atoms with Crippen molar-refractivity contribution < 1.29 is 0 Å². The Bertz CT molecular complexity index is 140. The fourth-order valence-corrected chi connectivity index (χ4v) is 1.58. The molecule has 0 saturated carbocycles. The predicted octanol–water partition coefficient (Wildman–Crippen LogP) is 3.76. The zero-order valence-electron chi connectivity index (χ0n) is 10.3. The Kier molecular flexibility index (Phi) is 9.06. The first-order valence-corrected chi connectivity index (χ1v) is 6.09. The summed E-state index contributed by atoms with van der Waals surface area (Å²) in [6.07, 6.45) is 9.38. The molecule has 0 aromatic heterocycles. The van der Waals surface area contributed by atoms with E-state index < -0.39 is 0 Å². The molecule has 0 aliphatic heterocycles. The van der Waals surface area contributed by atoms with E-state index in [1.807, 2.05) is 0 Å². The minimum atomic E-state index is 0.718. The molecule has 0 radical (unpaired) electrons. The van der Waals surface area contributed by atoms with Crippen LogP contribution in [0.2, 0.25) is 0 Å². The number of rotatable bonds is 8. The SMILES string of the molecule is C/C=C/CCNC(CC)CC(C)CC. The molecule has 0 saturated heterocycles. The lowest BCUT2D eigenvalue weighted by Crippen LogP contribution is -2.30. The third-order valence-corrected chi connectivity index (χ3v) is 2.86. The second-order valence-corrected chi connectivity index (χ2v) is 4.17. The standard InChI is InChI=1S/C13H27N/c1-5-8-9-10-14-13(7-3)11-12(4)6-2/h5,8,12-14H,6-7,9-11H2,1-4H3/b8-5+. The van der Waals surface area contributed by atoms with Crippen molar-refractivity contribution in [3.63, 3.8) is 0 Å². The second kappa shape index (κ2) is 9.26. The van der Waals surface area contributed by atoms with Crippen molar-refractivity contribution in [2.24, 2.45) is 5.92 Å². The fourth-order valence-electron chi connectivity index (χ4n) is 1.58. The minimum absolute atomic E-state index is 0.718. The highest BCUT2D eigenvalue weighted by Gasteiger charge is 2.08. The summed E-state index contributed by atoms with van der Waals surface area (Å²) in [5.74, 6) is 0.856. The van der Waals surface area contributed by atoms with Gasteiger partial charge in [-0.15, -0.1) is 0 Å². The summed E-state index contributed by atoms with van der Waals surface area (Å²) in [7, 11) is 0. The van der Waals surface area contributed by atoms with Crippen LogP contribution < -0.4 is 5.32 Å². The Morgan fingerprint density at radius 3 is 2.43 bits per heavy atom. The summed E-state index contributed by atoms with van der Waals surface area (Å²) in [6, 6.07) is 0.718. The van der Waals surface area contributed by atoms with Crippen molar-refractivity contribution in [2.45, 2.75) is 59.4 Å². The zero-order chi connectivity index (χ0) is 10.8. The summed E-state index contributed by atoms with van der Waals surface area (Å²) in [5, 5.41) is 3.62. The van der Waals surface area contributed by atoms with Gasteiger partial charge in [0.05, 0.1) is 0 Å². The van der Waals surface area contributed by atoms with Gasteiger partial charge in [0.2, 0.25) is 0 Å². The van der Waals surface area contributed by atoms with Gasteiger partial charge in [-0.3, -0.25) is 0 Å². The van der Waals surface area contributed by atoms with Crippen LogP contribution in [0.3, 0.4) is 0 Å². The molecule has 1 nitrogen and oxygen atoms in total. The van der Waals surface area contributed by atoms with Crippen LogP contribution in [0.15, 0.2) is 12.2 Å². The van der Waals surface area contributed by atoms with Crippen molar-refractivity contribution in [3.05, 3.63) is 12.2 Å². The number of hydrogen-bond acceptors (Lipinski definition) is 1. The van der Waals surface area contributed by atoms with Gasteiger partial charge in [-0.2, -0.15) is 0 Å². The molecular weight excluding hydrogens is 170 g/mol. The van der Waals surface area contributed by atoms with Gasteiger partial charge in [0.15, 0.2) is 0 Å². The molecule has 2 unspecified atom stereocenters. The van der Waals surface area contributed by atoms with Gasteiger partial charge in [-0.1, -0.05) is 39.3 Å². The highest BCUT2D eigenvalue weighted by atomic mass is 14.9. The van der Waals surface area contributed by atoms with E-state index in [1.165, 1.54) is 19.3 Å². The van der Waals surface area contributed by atoms with E-state index >= 15 is 0 Å². The van der Waals surface area contributed by atoms with Gasteiger partial charge in [-0.25, -0.2) is 0 Å². The molecular formula is C13H27N. The van der Waals surface area contributed by atoms with E-state index in [1.54, 1.807) is 0 Å². The minimum Gasteiger partial charge on any atom is -0.314 e. The molecule has 0 spiro atoms. The van der Waals surface area contributed by atoms with Crippen LogP contribution in [0.1, 0.15) is 53.4 Å². The predicted molar refractivity (Wildman–Crippen MR) is 65.6 cm³/mol. The summed E-state index contributed by atoms with van der Waals surface area (Å²) in [4.78, 5) is 0. The van der Waals surface area contributed by atoms with Gasteiger partial charge in [0.25, 0.3) is 0 Å². The summed E-state index contributed by atoms with van der Waals surface area (Å²) >= 11 is 0. The molecule has 0 amide bonds. The zero-order valence-corrected chi connectivity index (χ0v) is 10.3. The van der Waals surface area contributed by atoms with Crippen LogP contribution >= 0.6 is 0 Å². The van der Waals surface area contributed by atoms with Crippen molar-refractivity contribution in [1.82, 2.24) is 5.32 Å². The number of hydrogen-bond donors (Lipinski definition) is 1. The highest BCUT2D eigenvalue weighted by molar-refractivity contribution is 4.78. The first-order chi connectivity index (χ1) is 6.74. The molecule has 0 aromatic carbocycles. The Labute approximate surface area is 90.0 Å². The van der Waals surface area contributed by atoms with Crippen LogP contribution in [0.5, 0.6) is 0 Å². The molecule has 0 aliphatic rings. The maximum absolute atomic E-state index is 3.62. The first-order valence-electron chi connectivity index (χ1n) is 6.09. The molecule has 1 N–H and O–H groups in total. The van der Waals surface area contributed by atoms with Crippen molar-refractivity contribution >= 4 is 0 Å². The van der Waals surface area contributed by atoms with E-state index in [-0.39, 0.29) is 0 Å². The molecule has 0 bridgehead atoms. The first kappa shape index (κ1) is 13.7. The molecule has 0 aliphatic carbocycles. The topological polar surface area (TPSA) is 12.0 Å². The molecule has 0 heterocycles. The quantitative estimate of drug-likeness (QED) is 0.461. The van der Waals surface area contributed by atoms with E-state index in [0.717, 1.165) is 24.9 Å². The summed E-state index contributed by atoms with van der Waals surface area (Å²) < 4.78 is 0. The van der Waals surface area contributed by atoms with E-state index in [4.69, 9.17) is 0 Å². The lowest BCUT2D eigenvalue weighted by Gasteiger charge is -2.19. The van der Waals surface area contributed by atoms with Crippen molar-refractivity contribution in [2.75, 3.05) is 6.54 Å². The maximum Gasteiger partial charge on any atom is 0.00670 e. The molecule has 2 atom stereocenters. The van der Waals surface area contributed by atoms with Crippen molar-refractivity contribution in [1.29, 1.82) is 0 Å². The van der Waals surface area contributed by atoms with Gasteiger partial charge in [0.1, 0.15) is 0 Å². The monoisotopic (exact) mass is 197 g/mol. The average molecular weight is 197 g/mol. The van der Waals surface area contributed by atoms with E-state index in [9.17, 15) is 0 Å². The molecule has 0 rings (SSSR count). The number of nitrogens with one attached hydrogen (secondary N) is 1. The molecule has 14 heavy (non-hydrogen) atoms. The van der Waals surface area contributed by atoms with Gasteiger partial charge >= 0.3 is 0 Å². The third kappa shape index (κ3) is 7.14. The molecule has 0 aromatic rings. The second-order valence-electron chi connectivity index (χ2n) is 4.17. The average Bonchev–Trinajstić information content (AvgIpc) is 2.22. The van der Waals surface area contributed by atoms with E-state index in [2.05, 4.69) is 45.2 Å². The summed E-state index contributed by atoms with van der Waals surface area (Å²) in [5.41, 5.74) is 0. The van der Waals surface area contributed by atoms with Gasteiger partial charge in [-0.05, 0) is 38.6 Å². The Morgan fingerprint density at radius 1 is 1.21 bits per heavy atom. The largest absolute Gasteiger partial charge is 0.314 e. The Morgan fingerprint density at radius 2 is 1.93 bits per heavy atom.